The van der Waals surface area contributed by atoms with E-state index in [0.29, 0.717) is 17.9 Å². The van der Waals surface area contributed by atoms with Crippen molar-refractivity contribution in [2.45, 2.75) is 26.3 Å². The molecule has 8 heteroatoms. The third-order valence-electron chi connectivity index (χ3n) is 4.00. The monoisotopic (exact) mass is 374 g/mol. The van der Waals surface area contributed by atoms with Crippen LogP contribution in [0, 0.1) is 5.92 Å². The molecule has 0 unspecified atom stereocenters. The van der Waals surface area contributed by atoms with Crippen LogP contribution >= 0.6 is 0 Å². The lowest BCUT2D eigenvalue weighted by atomic mass is 9.99. The van der Waals surface area contributed by atoms with Gasteiger partial charge in [0.05, 0.1) is 6.26 Å². The Morgan fingerprint density at radius 1 is 1.22 bits per heavy atom. The van der Waals surface area contributed by atoms with Crippen LogP contribution in [-0.2, 0) is 9.59 Å². The molecule has 0 saturated heterocycles. The molecule has 0 spiro atoms. The second kappa shape index (κ2) is 9.42. The Labute approximate surface area is 156 Å². The predicted molar refractivity (Wildman–Crippen MR) is 97.6 cm³/mol. The lowest BCUT2D eigenvalue weighted by molar-refractivity contribution is -0.143. The quantitative estimate of drug-likeness (QED) is 0.621. The highest BCUT2D eigenvalue weighted by atomic mass is 16.5. The molecule has 1 aromatic carbocycles. The van der Waals surface area contributed by atoms with Gasteiger partial charge >= 0.3 is 5.97 Å². The van der Waals surface area contributed by atoms with Gasteiger partial charge in [0.15, 0.2) is 12.4 Å². The van der Waals surface area contributed by atoms with Gasteiger partial charge in [-0.15, -0.1) is 0 Å². The Morgan fingerprint density at radius 3 is 2.63 bits per heavy atom. The van der Waals surface area contributed by atoms with Crippen LogP contribution in [0.3, 0.4) is 0 Å². The number of anilines is 1. The zero-order chi connectivity index (χ0) is 19.8. The molecular formula is C19H22N2O6. The second-order valence-electron chi connectivity index (χ2n) is 6.02. The number of rotatable bonds is 9. The van der Waals surface area contributed by atoms with Crippen LogP contribution < -0.4 is 15.4 Å². The summed E-state index contributed by atoms with van der Waals surface area (Å²) in [4.78, 5) is 35.2. The fourth-order valence-corrected chi connectivity index (χ4v) is 2.31. The smallest absolute Gasteiger partial charge is 0.326 e. The summed E-state index contributed by atoms with van der Waals surface area (Å²) in [5.41, 5.74) is 0.470. The minimum absolute atomic E-state index is 0.172. The molecule has 144 valence electrons. The van der Waals surface area contributed by atoms with E-state index in [1.54, 1.807) is 37.3 Å². The zero-order valence-electron chi connectivity index (χ0n) is 15.1. The van der Waals surface area contributed by atoms with Gasteiger partial charge in [-0.2, -0.15) is 0 Å². The van der Waals surface area contributed by atoms with E-state index in [1.165, 1.54) is 12.3 Å². The molecule has 0 saturated carbocycles. The number of carboxylic acid groups (broad SMARTS) is 1. The third kappa shape index (κ3) is 5.88. The molecule has 3 N–H and O–H groups in total. The summed E-state index contributed by atoms with van der Waals surface area (Å²) < 4.78 is 10.4. The van der Waals surface area contributed by atoms with Crippen LogP contribution in [0.2, 0.25) is 0 Å². The van der Waals surface area contributed by atoms with Crippen LogP contribution in [0.4, 0.5) is 5.69 Å². The fraction of sp³-hybridized carbons (Fsp3) is 0.316. The molecule has 0 aliphatic rings. The number of amides is 2. The molecular weight excluding hydrogens is 352 g/mol. The highest BCUT2D eigenvalue weighted by Gasteiger charge is 2.25. The van der Waals surface area contributed by atoms with Crippen molar-refractivity contribution in [3.05, 3.63) is 48.4 Å². The molecule has 0 fully saturated rings. The third-order valence-corrected chi connectivity index (χ3v) is 4.00. The molecule has 2 aromatic rings. The van der Waals surface area contributed by atoms with Gasteiger partial charge < -0.3 is 24.9 Å². The van der Waals surface area contributed by atoms with Gasteiger partial charge in [0.1, 0.15) is 11.8 Å². The number of carbonyl (C=O) groups excluding carboxylic acids is 2. The van der Waals surface area contributed by atoms with Crippen molar-refractivity contribution >= 4 is 23.5 Å². The molecule has 27 heavy (non-hydrogen) atoms. The summed E-state index contributed by atoms with van der Waals surface area (Å²) in [6, 6.07) is 8.68. The van der Waals surface area contributed by atoms with E-state index in [-0.39, 0.29) is 18.3 Å². The van der Waals surface area contributed by atoms with E-state index in [4.69, 9.17) is 9.15 Å². The first-order valence-electron chi connectivity index (χ1n) is 8.50. The number of hydrogen-bond donors (Lipinski definition) is 3. The standard InChI is InChI=1S/C19H22N2O6/c1-3-12(2)17(19(24)25)21-16(22)11-27-14-7-4-6-13(10-14)20-18(23)15-8-5-9-26-15/h4-10,12,17H,3,11H2,1-2H3,(H,20,23)(H,21,22)(H,24,25)/t12-,17-/m0/s1. The van der Waals surface area contributed by atoms with Crippen molar-refractivity contribution in [1.29, 1.82) is 0 Å². The van der Waals surface area contributed by atoms with Crippen molar-refractivity contribution in [3.8, 4) is 5.75 Å². The van der Waals surface area contributed by atoms with E-state index in [2.05, 4.69) is 10.6 Å². The molecule has 8 nitrogen and oxygen atoms in total. The fourth-order valence-electron chi connectivity index (χ4n) is 2.31. The van der Waals surface area contributed by atoms with Crippen molar-refractivity contribution in [1.82, 2.24) is 5.32 Å². The SMILES string of the molecule is CC[C@H](C)[C@H](NC(=O)COc1cccc(NC(=O)c2ccco2)c1)C(=O)O. The van der Waals surface area contributed by atoms with Gasteiger partial charge in [0.2, 0.25) is 0 Å². The average molecular weight is 374 g/mol. The van der Waals surface area contributed by atoms with Crippen LogP contribution in [0.1, 0.15) is 30.8 Å². The van der Waals surface area contributed by atoms with Crippen LogP contribution in [0.25, 0.3) is 0 Å². The molecule has 2 rings (SSSR count). The maximum absolute atomic E-state index is 12.0. The normalized spacial score (nSPS) is 12.7. The molecule has 0 aliphatic carbocycles. The Morgan fingerprint density at radius 2 is 2.00 bits per heavy atom. The van der Waals surface area contributed by atoms with Gasteiger partial charge in [-0.3, -0.25) is 9.59 Å². The summed E-state index contributed by atoms with van der Waals surface area (Å²) >= 11 is 0. The summed E-state index contributed by atoms with van der Waals surface area (Å²) in [5.74, 6) is -1.70. The van der Waals surface area contributed by atoms with E-state index < -0.39 is 23.8 Å². The first kappa shape index (κ1) is 20.0. The maximum atomic E-state index is 12.0. The first-order valence-corrected chi connectivity index (χ1v) is 8.50. The van der Waals surface area contributed by atoms with Crippen molar-refractivity contribution in [3.63, 3.8) is 0 Å². The number of hydrogen-bond acceptors (Lipinski definition) is 5. The number of furan rings is 1. The molecule has 1 aromatic heterocycles. The predicted octanol–water partition coefficient (Wildman–Crippen LogP) is 2.53. The van der Waals surface area contributed by atoms with Crippen LogP contribution in [0.15, 0.2) is 47.1 Å². The van der Waals surface area contributed by atoms with Gasteiger partial charge in [-0.05, 0) is 30.2 Å². The minimum Gasteiger partial charge on any atom is -0.484 e. The van der Waals surface area contributed by atoms with E-state index in [1.807, 2.05) is 6.92 Å². The number of benzene rings is 1. The number of ether oxygens (including phenoxy) is 1. The lowest BCUT2D eigenvalue weighted by Gasteiger charge is -2.20. The topological polar surface area (TPSA) is 118 Å². The summed E-state index contributed by atoms with van der Waals surface area (Å²) in [6.45, 7) is 3.27. The van der Waals surface area contributed by atoms with Crippen molar-refractivity contribution < 1.29 is 28.6 Å². The minimum atomic E-state index is -1.08. The number of nitrogens with one attached hydrogen (secondary N) is 2. The summed E-state index contributed by atoms with van der Waals surface area (Å²) in [6.07, 6.45) is 2.02. The Balaban J connectivity index is 1.91. The number of carbonyl (C=O) groups is 3. The van der Waals surface area contributed by atoms with Gasteiger partial charge in [-0.25, -0.2) is 4.79 Å². The van der Waals surface area contributed by atoms with Crippen LogP contribution in [0.5, 0.6) is 5.75 Å². The van der Waals surface area contributed by atoms with Gasteiger partial charge in [0.25, 0.3) is 11.8 Å². The van der Waals surface area contributed by atoms with E-state index in [0.717, 1.165) is 0 Å². The van der Waals surface area contributed by atoms with Crippen molar-refractivity contribution in [2.24, 2.45) is 5.92 Å². The molecule has 2 atom stereocenters. The van der Waals surface area contributed by atoms with Crippen LogP contribution in [-0.4, -0.2) is 35.5 Å². The van der Waals surface area contributed by atoms with Gasteiger partial charge in [-0.1, -0.05) is 26.3 Å². The molecule has 0 aliphatic heterocycles. The van der Waals surface area contributed by atoms with E-state index >= 15 is 0 Å². The molecule has 0 bridgehead atoms. The molecule has 0 radical (unpaired) electrons. The molecule has 2 amide bonds. The average Bonchev–Trinajstić information content (AvgIpc) is 3.19. The number of aliphatic carboxylic acids is 1. The highest BCUT2D eigenvalue weighted by Crippen LogP contribution is 2.18. The highest BCUT2D eigenvalue weighted by molar-refractivity contribution is 6.02. The zero-order valence-corrected chi connectivity index (χ0v) is 15.1. The summed E-state index contributed by atoms with van der Waals surface area (Å²) in [7, 11) is 0. The second-order valence-corrected chi connectivity index (χ2v) is 6.02. The van der Waals surface area contributed by atoms with Crippen molar-refractivity contribution in [2.75, 3.05) is 11.9 Å². The Bertz CT molecular complexity index is 787. The Hall–Kier alpha value is -3.29. The Kier molecular flexibility index (Phi) is 6.99. The van der Waals surface area contributed by atoms with E-state index in [9.17, 15) is 19.5 Å². The van der Waals surface area contributed by atoms with Gasteiger partial charge in [0, 0.05) is 11.8 Å². The maximum Gasteiger partial charge on any atom is 0.326 e. The number of carboxylic acids is 1. The first-order chi connectivity index (χ1) is 12.9. The largest absolute Gasteiger partial charge is 0.484 e. The lowest BCUT2D eigenvalue weighted by Crippen LogP contribution is -2.46. The summed E-state index contributed by atoms with van der Waals surface area (Å²) in [5, 5.41) is 14.3. The molecule has 1 heterocycles.